The number of nitrogens with zero attached hydrogens (tertiary/aromatic N) is 2. The highest BCUT2D eigenvalue weighted by molar-refractivity contribution is 5.76. The molecule has 4 nitrogen and oxygen atoms in total. The maximum atomic E-state index is 12.6. The van der Waals surface area contributed by atoms with Crippen LogP contribution in [0.5, 0.6) is 0 Å². The van der Waals surface area contributed by atoms with Crippen molar-refractivity contribution in [2.24, 2.45) is 5.92 Å². The molecule has 0 bridgehead atoms. The van der Waals surface area contributed by atoms with Gasteiger partial charge < -0.3 is 10.2 Å². The predicted octanol–water partition coefficient (Wildman–Crippen LogP) is 3.77. The SMILES string of the molecule is O=C(CC1CCCCC1)NC1CCN(c2ccc(C(F)(F)F)cn2)C1. The zero-order valence-electron chi connectivity index (χ0n) is 14.2. The summed E-state index contributed by atoms with van der Waals surface area (Å²) in [5.74, 6) is 1.12. The number of aromatic nitrogens is 1. The van der Waals surface area contributed by atoms with Gasteiger partial charge in [-0.25, -0.2) is 4.98 Å². The molecule has 1 aromatic rings. The van der Waals surface area contributed by atoms with Crippen molar-refractivity contribution in [2.75, 3.05) is 18.0 Å². The van der Waals surface area contributed by atoms with E-state index in [0.717, 1.165) is 31.5 Å². The number of hydrogen-bond acceptors (Lipinski definition) is 3. The Morgan fingerprint density at radius 3 is 2.60 bits per heavy atom. The lowest BCUT2D eigenvalue weighted by Crippen LogP contribution is -2.38. The van der Waals surface area contributed by atoms with E-state index in [1.54, 1.807) is 0 Å². The van der Waals surface area contributed by atoms with Crippen LogP contribution in [0.2, 0.25) is 0 Å². The van der Waals surface area contributed by atoms with Gasteiger partial charge in [0.15, 0.2) is 0 Å². The normalized spacial score (nSPS) is 22.2. The fourth-order valence-corrected chi connectivity index (χ4v) is 3.77. The van der Waals surface area contributed by atoms with E-state index in [-0.39, 0.29) is 11.9 Å². The second-order valence-electron chi connectivity index (χ2n) is 7.11. The van der Waals surface area contributed by atoms with Crippen molar-refractivity contribution < 1.29 is 18.0 Å². The summed E-state index contributed by atoms with van der Waals surface area (Å²) < 4.78 is 37.8. The first-order valence-corrected chi connectivity index (χ1v) is 8.99. The molecule has 1 unspecified atom stereocenters. The minimum Gasteiger partial charge on any atom is -0.354 e. The molecule has 1 atom stereocenters. The first-order valence-electron chi connectivity index (χ1n) is 8.99. The van der Waals surface area contributed by atoms with Crippen molar-refractivity contribution in [3.8, 4) is 0 Å². The molecule has 2 aliphatic rings. The Balaban J connectivity index is 1.48. The monoisotopic (exact) mass is 355 g/mol. The van der Waals surface area contributed by atoms with Gasteiger partial charge in [-0.15, -0.1) is 0 Å². The molecule has 3 rings (SSSR count). The molecule has 1 aliphatic carbocycles. The van der Waals surface area contributed by atoms with Crippen LogP contribution in [0.15, 0.2) is 18.3 Å². The summed E-state index contributed by atoms with van der Waals surface area (Å²) in [5, 5.41) is 3.07. The summed E-state index contributed by atoms with van der Waals surface area (Å²) in [6.45, 7) is 1.28. The Bertz CT molecular complexity index is 582. The third-order valence-electron chi connectivity index (χ3n) is 5.15. The van der Waals surface area contributed by atoms with Crippen molar-refractivity contribution >= 4 is 11.7 Å². The van der Waals surface area contributed by atoms with Crippen LogP contribution >= 0.6 is 0 Å². The van der Waals surface area contributed by atoms with Crippen LogP contribution < -0.4 is 10.2 Å². The van der Waals surface area contributed by atoms with Crippen LogP contribution in [0.3, 0.4) is 0 Å². The number of hydrogen-bond donors (Lipinski definition) is 1. The van der Waals surface area contributed by atoms with E-state index in [9.17, 15) is 18.0 Å². The van der Waals surface area contributed by atoms with Gasteiger partial charge in [-0.2, -0.15) is 13.2 Å². The molecule has 1 saturated heterocycles. The van der Waals surface area contributed by atoms with Crippen LogP contribution in [0, 0.1) is 5.92 Å². The second kappa shape index (κ2) is 7.62. The smallest absolute Gasteiger partial charge is 0.354 e. The van der Waals surface area contributed by atoms with Gasteiger partial charge in [-0.1, -0.05) is 19.3 Å². The van der Waals surface area contributed by atoms with Crippen LogP contribution in [0.25, 0.3) is 0 Å². The van der Waals surface area contributed by atoms with E-state index >= 15 is 0 Å². The average molecular weight is 355 g/mol. The molecule has 1 aliphatic heterocycles. The predicted molar refractivity (Wildman–Crippen MR) is 89.2 cm³/mol. The molecule has 138 valence electrons. The lowest BCUT2D eigenvalue weighted by Gasteiger charge is -2.22. The summed E-state index contributed by atoms with van der Waals surface area (Å²) in [7, 11) is 0. The third kappa shape index (κ3) is 4.86. The molecule has 2 heterocycles. The van der Waals surface area contributed by atoms with Gasteiger partial charge in [0.25, 0.3) is 0 Å². The first-order chi connectivity index (χ1) is 11.9. The van der Waals surface area contributed by atoms with E-state index in [1.165, 1.54) is 25.3 Å². The standard InChI is InChI=1S/C18H24F3N3O/c19-18(20,21)14-6-7-16(22-11-14)24-9-8-15(12-24)23-17(25)10-13-4-2-1-3-5-13/h6-7,11,13,15H,1-5,8-10,12H2,(H,23,25). The summed E-state index contributed by atoms with van der Waals surface area (Å²) in [4.78, 5) is 18.0. The second-order valence-corrected chi connectivity index (χ2v) is 7.11. The number of anilines is 1. The highest BCUT2D eigenvalue weighted by Gasteiger charge is 2.31. The summed E-state index contributed by atoms with van der Waals surface area (Å²) in [6, 6.07) is 2.49. The van der Waals surface area contributed by atoms with Crippen molar-refractivity contribution in [3.05, 3.63) is 23.9 Å². The van der Waals surface area contributed by atoms with Gasteiger partial charge in [-0.05, 0) is 37.3 Å². The van der Waals surface area contributed by atoms with Gasteiger partial charge in [0.1, 0.15) is 5.82 Å². The number of pyridine rings is 1. The molecule has 0 radical (unpaired) electrons. The number of nitrogens with one attached hydrogen (secondary N) is 1. The van der Waals surface area contributed by atoms with Crippen molar-refractivity contribution in [1.82, 2.24) is 10.3 Å². The zero-order valence-corrected chi connectivity index (χ0v) is 14.2. The Kier molecular flexibility index (Phi) is 5.49. The number of carbonyl (C=O) groups is 1. The largest absolute Gasteiger partial charge is 0.417 e. The minimum absolute atomic E-state index is 0.0418. The number of carbonyl (C=O) groups excluding carboxylic acids is 1. The molecule has 1 aromatic heterocycles. The molecule has 25 heavy (non-hydrogen) atoms. The highest BCUT2D eigenvalue weighted by Crippen LogP contribution is 2.30. The highest BCUT2D eigenvalue weighted by atomic mass is 19.4. The van der Waals surface area contributed by atoms with Crippen molar-refractivity contribution in [2.45, 2.75) is 57.2 Å². The van der Waals surface area contributed by atoms with Crippen LogP contribution in [0.4, 0.5) is 19.0 Å². The van der Waals surface area contributed by atoms with E-state index in [1.807, 2.05) is 4.90 Å². The average Bonchev–Trinajstić information content (AvgIpc) is 3.03. The molecule has 0 spiro atoms. The van der Waals surface area contributed by atoms with E-state index < -0.39 is 11.7 Å². The summed E-state index contributed by atoms with van der Waals surface area (Å²) in [5.41, 5.74) is -0.743. The maximum Gasteiger partial charge on any atom is 0.417 e. The molecular formula is C18H24F3N3O. The number of amides is 1. The van der Waals surface area contributed by atoms with Gasteiger partial charge in [-0.3, -0.25) is 4.79 Å². The number of alkyl halides is 3. The molecule has 0 aromatic carbocycles. The Morgan fingerprint density at radius 2 is 1.96 bits per heavy atom. The van der Waals surface area contributed by atoms with E-state index in [4.69, 9.17) is 0 Å². The fourth-order valence-electron chi connectivity index (χ4n) is 3.77. The van der Waals surface area contributed by atoms with Gasteiger partial charge >= 0.3 is 6.18 Å². The van der Waals surface area contributed by atoms with Crippen LogP contribution in [-0.2, 0) is 11.0 Å². The molecule has 1 N–H and O–H groups in total. The minimum atomic E-state index is -4.37. The number of rotatable bonds is 4. The van der Waals surface area contributed by atoms with Crippen LogP contribution in [0.1, 0.15) is 50.5 Å². The van der Waals surface area contributed by atoms with Crippen molar-refractivity contribution in [1.29, 1.82) is 0 Å². The van der Waals surface area contributed by atoms with Gasteiger partial charge in [0, 0.05) is 31.7 Å². The number of halogens is 3. The lowest BCUT2D eigenvalue weighted by atomic mass is 9.87. The summed E-state index contributed by atoms with van der Waals surface area (Å²) >= 11 is 0. The maximum absolute atomic E-state index is 12.6. The molecular weight excluding hydrogens is 331 g/mol. The molecule has 1 saturated carbocycles. The first kappa shape index (κ1) is 18.0. The van der Waals surface area contributed by atoms with E-state index in [2.05, 4.69) is 10.3 Å². The zero-order chi connectivity index (χ0) is 17.9. The molecule has 7 heteroatoms. The quantitative estimate of drug-likeness (QED) is 0.894. The Morgan fingerprint density at radius 1 is 1.20 bits per heavy atom. The fraction of sp³-hybridized carbons (Fsp3) is 0.667. The third-order valence-corrected chi connectivity index (χ3v) is 5.15. The summed E-state index contributed by atoms with van der Waals surface area (Å²) in [6.07, 6.45) is 3.86. The topological polar surface area (TPSA) is 45.2 Å². The molecule has 2 fully saturated rings. The van der Waals surface area contributed by atoms with E-state index in [0.29, 0.717) is 31.2 Å². The lowest BCUT2D eigenvalue weighted by molar-refractivity contribution is -0.137. The Hall–Kier alpha value is -1.79. The van der Waals surface area contributed by atoms with Gasteiger partial charge in [0.2, 0.25) is 5.91 Å². The van der Waals surface area contributed by atoms with Crippen molar-refractivity contribution in [3.63, 3.8) is 0 Å². The molecule has 1 amide bonds. The van der Waals surface area contributed by atoms with Gasteiger partial charge in [0.05, 0.1) is 5.56 Å². The van der Waals surface area contributed by atoms with Crippen LogP contribution in [-0.4, -0.2) is 30.0 Å². The Labute approximate surface area is 145 Å².